The Bertz CT molecular complexity index is 695. The Morgan fingerprint density at radius 2 is 2.12 bits per heavy atom. The first-order chi connectivity index (χ1) is 12.2. The van der Waals surface area contributed by atoms with Crippen LogP contribution in [-0.2, 0) is 19.5 Å². The zero-order valence-electron chi connectivity index (χ0n) is 15.5. The topological polar surface area (TPSA) is 76.4 Å². The van der Waals surface area contributed by atoms with Gasteiger partial charge in [-0.05, 0) is 25.5 Å². The molecule has 7 heteroatoms. The Balaban J connectivity index is 1.86. The predicted octanol–water partition coefficient (Wildman–Crippen LogP) is 1.91. The minimum atomic E-state index is 0.655. The molecule has 7 nitrogen and oxygen atoms in total. The van der Waals surface area contributed by atoms with E-state index in [0.29, 0.717) is 13.2 Å². The fourth-order valence-corrected chi connectivity index (χ4v) is 2.53. The van der Waals surface area contributed by atoms with Crippen LogP contribution in [0.1, 0.15) is 30.8 Å². The molecule has 1 aromatic heterocycles. The van der Waals surface area contributed by atoms with Crippen LogP contribution in [0.3, 0.4) is 0 Å². The summed E-state index contributed by atoms with van der Waals surface area (Å²) in [5.74, 6) is 2.67. The molecule has 0 atom stereocenters. The van der Waals surface area contributed by atoms with Crippen molar-refractivity contribution in [1.29, 1.82) is 0 Å². The molecule has 0 saturated heterocycles. The molecular formula is C18H28N6O. The summed E-state index contributed by atoms with van der Waals surface area (Å²) in [6.07, 6.45) is 2.64. The van der Waals surface area contributed by atoms with Crippen LogP contribution in [-0.4, -0.2) is 40.9 Å². The van der Waals surface area contributed by atoms with E-state index in [1.54, 1.807) is 13.4 Å². The molecule has 1 heterocycles. The van der Waals surface area contributed by atoms with Crippen LogP contribution in [0.5, 0.6) is 5.75 Å². The molecule has 25 heavy (non-hydrogen) atoms. The first-order valence-electron chi connectivity index (χ1n) is 8.71. The molecule has 0 spiro atoms. The third-order valence-electron chi connectivity index (χ3n) is 3.85. The van der Waals surface area contributed by atoms with Gasteiger partial charge in [-0.25, -0.2) is 0 Å². The van der Waals surface area contributed by atoms with E-state index in [1.807, 2.05) is 11.5 Å². The molecule has 0 radical (unpaired) electrons. The molecule has 136 valence electrons. The van der Waals surface area contributed by atoms with Crippen molar-refractivity contribution < 1.29 is 4.74 Å². The van der Waals surface area contributed by atoms with E-state index in [2.05, 4.69) is 57.9 Å². The Morgan fingerprint density at radius 1 is 1.28 bits per heavy atom. The van der Waals surface area contributed by atoms with Gasteiger partial charge in [0.1, 0.15) is 17.9 Å². The third-order valence-corrected chi connectivity index (χ3v) is 3.85. The molecule has 2 aromatic rings. The van der Waals surface area contributed by atoms with Crippen molar-refractivity contribution in [2.24, 2.45) is 4.99 Å². The number of aryl methyl sites for hydroxylation is 2. The van der Waals surface area contributed by atoms with Gasteiger partial charge >= 0.3 is 0 Å². The van der Waals surface area contributed by atoms with Crippen LogP contribution >= 0.6 is 0 Å². The Kier molecular flexibility index (Phi) is 7.25. The first kappa shape index (κ1) is 18.8. The molecule has 0 aliphatic heterocycles. The number of hydrogen-bond donors (Lipinski definition) is 2. The van der Waals surface area contributed by atoms with Crippen molar-refractivity contribution in [3.8, 4) is 5.75 Å². The third kappa shape index (κ3) is 5.48. The van der Waals surface area contributed by atoms with Gasteiger partial charge in [0, 0.05) is 38.7 Å². The van der Waals surface area contributed by atoms with E-state index in [-0.39, 0.29) is 0 Å². The van der Waals surface area contributed by atoms with Gasteiger partial charge in [0.05, 0.1) is 6.61 Å². The van der Waals surface area contributed by atoms with Crippen molar-refractivity contribution in [1.82, 2.24) is 25.4 Å². The first-order valence-corrected chi connectivity index (χ1v) is 8.71. The molecule has 0 unspecified atom stereocenters. The lowest BCUT2D eigenvalue weighted by atomic mass is 10.1. The molecule has 0 amide bonds. The van der Waals surface area contributed by atoms with Crippen LogP contribution in [0.4, 0.5) is 0 Å². The SMILES string of the molecule is CCOc1cc(C)ccc1CNC(=NC)NCCn1cnnc1CC. The smallest absolute Gasteiger partial charge is 0.191 e. The normalized spacial score (nSPS) is 11.4. The average molecular weight is 344 g/mol. The maximum Gasteiger partial charge on any atom is 0.191 e. The van der Waals surface area contributed by atoms with Crippen LogP contribution in [0.15, 0.2) is 29.5 Å². The second-order valence-electron chi connectivity index (χ2n) is 5.69. The number of aliphatic imine (C=N–C) groups is 1. The zero-order chi connectivity index (χ0) is 18.1. The second-order valence-corrected chi connectivity index (χ2v) is 5.69. The average Bonchev–Trinajstić information content (AvgIpc) is 3.07. The van der Waals surface area contributed by atoms with E-state index < -0.39 is 0 Å². The fourth-order valence-electron chi connectivity index (χ4n) is 2.53. The van der Waals surface area contributed by atoms with Gasteiger partial charge in [0.15, 0.2) is 5.96 Å². The maximum absolute atomic E-state index is 5.72. The van der Waals surface area contributed by atoms with E-state index in [1.165, 1.54) is 5.56 Å². The predicted molar refractivity (Wildman–Crippen MR) is 99.9 cm³/mol. The summed E-state index contributed by atoms with van der Waals surface area (Å²) in [7, 11) is 1.77. The highest BCUT2D eigenvalue weighted by atomic mass is 16.5. The van der Waals surface area contributed by atoms with Crippen molar-refractivity contribution >= 4 is 5.96 Å². The standard InChI is InChI=1S/C18H28N6O/c1-5-17-23-22-13-24(17)10-9-20-18(19-4)21-12-15-8-7-14(3)11-16(15)25-6-2/h7-8,11,13H,5-6,9-10,12H2,1-4H3,(H2,19,20,21). The summed E-state index contributed by atoms with van der Waals surface area (Å²) >= 11 is 0. The summed E-state index contributed by atoms with van der Waals surface area (Å²) < 4.78 is 7.77. The van der Waals surface area contributed by atoms with Crippen molar-refractivity contribution in [3.05, 3.63) is 41.5 Å². The number of guanidine groups is 1. The van der Waals surface area contributed by atoms with Gasteiger partial charge in [-0.15, -0.1) is 10.2 Å². The maximum atomic E-state index is 5.72. The number of hydrogen-bond acceptors (Lipinski definition) is 4. The van der Waals surface area contributed by atoms with Crippen LogP contribution in [0.25, 0.3) is 0 Å². The van der Waals surface area contributed by atoms with Gasteiger partial charge in [0.2, 0.25) is 0 Å². The number of aromatic nitrogens is 3. The van der Waals surface area contributed by atoms with E-state index in [0.717, 1.165) is 42.6 Å². The second kappa shape index (κ2) is 9.66. The molecule has 0 saturated carbocycles. The lowest BCUT2D eigenvalue weighted by molar-refractivity contribution is 0.336. The van der Waals surface area contributed by atoms with Crippen molar-refractivity contribution in [2.45, 2.75) is 40.3 Å². The summed E-state index contributed by atoms with van der Waals surface area (Å²) in [6, 6.07) is 6.24. The Hall–Kier alpha value is -2.57. The highest BCUT2D eigenvalue weighted by molar-refractivity contribution is 5.79. The number of nitrogens with one attached hydrogen (secondary N) is 2. The van der Waals surface area contributed by atoms with Crippen molar-refractivity contribution in [2.75, 3.05) is 20.2 Å². The molecule has 1 aromatic carbocycles. The summed E-state index contributed by atoms with van der Waals surface area (Å²) in [4.78, 5) is 4.27. The molecule has 0 aliphatic carbocycles. The number of ether oxygens (including phenoxy) is 1. The minimum Gasteiger partial charge on any atom is -0.494 e. The van der Waals surface area contributed by atoms with Gasteiger partial charge in [0.25, 0.3) is 0 Å². The van der Waals surface area contributed by atoms with Gasteiger partial charge in [-0.3, -0.25) is 4.99 Å². The summed E-state index contributed by atoms with van der Waals surface area (Å²) in [6.45, 7) is 8.99. The lowest BCUT2D eigenvalue weighted by Gasteiger charge is -2.15. The molecular weight excluding hydrogens is 316 g/mol. The number of benzene rings is 1. The summed E-state index contributed by atoms with van der Waals surface area (Å²) in [5, 5.41) is 14.7. The zero-order valence-corrected chi connectivity index (χ0v) is 15.5. The molecule has 0 fully saturated rings. The lowest BCUT2D eigenvalue weighted by Crippen LogP contribution is -2.38. The van der Waals surface area contributed by atoms with Crippen LogP contribution < -0.4 is 15.4 Å². The molecule has 0 aliphatic rings. The Labute approximate surface area is 149 Å². The number of nitrogens with zero attached hydrogens (tertiary/aromatic N) is 4. The highest BCUT2D eigenvalue weighted by Crippen LogP contribution is 2.20. The Morgan fingerprint density at radius 3 is 2.84 bits per heavy atom. The van der Waals surface area contributed by atoms with E-state index in [9.17, 15) is 0 Å². The van der Waals surface area contributed by atoms with Crippen molar-refractivity contribution in [3.63, 3.8) is 0 Å². The van der Waals surface area contributed by atoms with Gasteiger partial charge < -0.3 is 19.9 Å². The highest BCUT2D eigenvalue weighted by Gasteiger charge is 2.06. The quantitative estimate of drug-likeness (QED) is 0.565. The number of rotatable bonds is 8. The van der Waals surface area contributed by atoms with Gasteiger partial charge in [-0.2, -0.15) is 0 Å². The van der Waals surface area contributed by atoms with E-state index >= 15 is 0 Å². The minimum absolute atomic E-state index is 0.655. The molecule has 0 bridgehead atoms. The van der Waals surface area contributed by atoms with Gasteiger partial charge in [-0.1, -0.05) is 19.1 Å². The molecule has 2 rings (SSSR count). The van der Waals surface area contributed by atoms with Crippen LogP contribution in [0.2, 0.25) is 0 Å². The largest absolute Gasteiger partial charge is 0.494 e. The fraction of sp³-hybridized carbons (Fsp3) is 0.500. The van der Waals surface area contributed by atoms with E-state index in [4.69, 9.17) is 4.74 Å². The van der Waals surface area contributed by atoms with Crippen LogP contribution in [0, 0.1) is 6.92 Å². The molecule has 2 N–H and O–H groups in total. The monoisotopic (exact) mass is 344 g/mol. The summed E-state index contributed by atoms with van der Waals surface area (Å²) in [5.41, 5.74) is 2.30.